The van der Waals surface area contributed by atoms with Gasteiger partial charge in [-0.1, -0.05) is 43.7 Å². The SMILES string of the molecule is C[NH2+]c1ccccc1C1(CCCC(=O)O)CC=C(C)CC1(C)C. The molecule has 1 atom stereocenters. The van der Waals surface area contributed by atoms with Gasteiger partial charge in [0.05, 0.1) is 7.05 Å². The van der Waals surface area contributed by atoms with Crippen LogP contribution in [-0.4, -0.2) is 18.1 Å². The van der Waals surface area contributed by atoms with Gasteiger partial charge in [-0.25, -0.2) is 0 Å². The summed E-state index contributed by atoms with van der Waals surface area (Å²) < 4.78 is 0. The fraction of sp³-hybridized carbons (Fsp3) is 0.550. The molecule has 0 spiro atoms. The number of carbonyl (C=O) groups is 1. The number of aliphatic carboxylic acids is 1. The Labute approximate surface area is 139 Å². The van der Waals surface area contributed by atoms with Crippen molar-refractivity contribution < 1.29 is 15.2 Å². The predicted octanol–water partition coefficient (Wildman–Crippen LogP) is 3.77. The van der Waals surface area contributed by atoms with Crippen molar-refractivity contribution >= 4 is 11.7 Å². The van der Waals surface area contributed by atoms with Gasteiger partial charge in [-0.2, -0.15) is 0 Å². The minimum Gasteiger partial charge on any atom is -0.481 e. The Hall–Kier alpha value is -1.61. The first-order valence-electron chi connectivity index (χ1n) is 8.59. The van der Waals surface area contributed by atoms with E-state index >= 15 is 0 Å². The Morgan fingerprint density at radius 3 is 2.61 bits per heavy atom. The highest BCUT2D eigenvalue weighted by molar-refractivity contribution is 5.66. The fourth-order valence-corrected chi connectivity index (χ4v) is 4.34. The molecule has 0 radical (unpaired) electrons. The lowest BCUT2D eigenvalue weighted by molar-refractivity contribution is -0.540. The van der Waals surface area contributed by atoms with Crippen LogP contribution in [0.3, 0.4) is 0 Å². The molecule has 1 aliphatic carbocycles. The molecule has 0 amide bonds. The third-order valence-corrected chi connectivity index (χ3v) is 5.60. The van der Waals surface area contributed by atoms with Crippen LogP contribution in [0.4, 0.5) is 5.69 Å². The molecule has 3 heteroatoms. The molecule has 126 valence electrons. The molecule has 3 N–H and O–H groups in total. The van der Waals surface area contributed by atoms with E-state index in [4.69, 9.17) is 5.11 Å². The van der Waals surface area contributed by atoms with Gasteiger partial charge < -0.3 is 10.4 Å². The molecular weight excluding hydrogens is 286 g/mol. The van der Waals surface area contributed by atoms with E-state index in [1.165, 1.54) is 16.8 Å². The number of nitrogens with two attached hydrogens (primary N) is 1. The van der Waals surface area contributed by atoms with Gasteiger partial charge in [0.15, 0.2) is 0 Å². The van der Waals surface area contributed by atoms with Crippen molar-refractivity contribution in [3.8, 4) is 0 Å². The van der Waals surface area contributed by atoms with Gasteiger partial charge in [0.25, 0.3) is 0 Å². The van der Waals surface area contributed by atoms with E-state index in [-0.39, 0.29) is 17.3 Å². The molecule has 0 saturated carbocycles. The summed E-state index contributed by atoms with van der Waals surface area (Å²) in [6.45, 7) is 6.90. The number of para-hydroxylation sites is 1. The zero-order valence-corrected chi connectivity index (χ0v) is 14.9. The van der Waals surface area contributed by atoms with Crippen LogP contribution in [0.2, 0.25) is 0 Å². The molecule has 0 aromatic heterocycles. The van der Waals surface area contributed by atoms with Crippen LogP contribution >= 0.6 is 0 Å². The molecule has 1 unspecified atom stereocenters. The summed E-state index contributed by atoms with van der Waals surface area (Å²) in [4.78, 5) is 11.0. The third-order valence-electron chi connectivity index (χ3n) is 5.60. The second kappa shape index (κ2) is 6.88. The van der Waals surface area contributed by atoms with Crippen LogP contribution in [0.5, 0.6) is 0 Å². The van der Waals surface area contributed by atoms with Gasteiger partial charge >= 0.3 is 5.97 Å². The molecule has 0 fully saturated rings. The van der Waals surface area contributed by atoms with Crippen molar-refractivity contribution in [3.05, 3.63) is 41.5 Å². The van der Waals surface area contributed by atoms with Crippen molar-refractivity contribution in [3.63, 3.8) is 0 Å². The molecule has 3 nitrogen and oxygen atoms in total. The highest BCUT2D eigenvalue weighted by Crippen LogP contribution is 2.55. The summed E-state index contributed by atoms with van der Waals surface area (Å²) in [5, 5.41) is 11.2. The first-order valence-corrected chi connectivity index (χ1v) is 8.59. The second-order valence-corrected chi connectivity index (χ2v) is 7.52. The van der Waals surface area contributed by atoms with E-state index in [0.717, 1.165) is 25.7 Å². The smallest absolute Gasteiger partial charge is 0.303 e. The molecule has 0 saturated heterocycles. The second-order valence-electron chi connectivity index (χ2n) is 7.52. The number of quaternary nitrogens is 1. The van der Waals surface area contributed by atoms with Crippen LogP contribution in [-0.2, 0) is 10.2 Å². The summed E-state index contributed by atoms with van der Waals surface area (Å²) in [6.07, 6.45) is 6.32. The largest absolute Gasteiger partial charge is 0.481 e. The zero-order chi connectivity index (χ0) is 17.1. The Balaban J connectivity index is 2.49. The summed E-state index contributed by atoms with van der Waals surface area (Å²) >= 11 is 0. The molecule has 0 heterocycles. The first kappa shape index (κ1) is 17.7. The molecule has 1 aromatic rings. The number of carboxylic acids is 1. The minimum absolute atomic E-state index is 0.00502. The van der Waals surface area contributed by atoms with Crippen LogP contribution < -0.4 is 5.32 Å². The van der Waals surface area contributed by atoms with Crippen molar-refractivity contribution in [1.29, 1.82) is 0 Å². The van der Waals surface area contributed by atoms with Crippen LogP contribution in [0.15, 0.2) is 35.9 Å². The molecule has 1 aromatic carbocycles. The quantitative estimate of drug-likeness (QED) is 0.620. The maximum Gasteiger partial charge on any atom is 0.303 e. The highest BCUT2D eigenvalue weighted by Gasteiger charge is 2.48. The van der Waals surface area contributed by atoms with E-state index in [9.17, 15) is 4.79 Å². The van der Waals surface area contributed by atoms with E-state index in [1.54, 1.807) is 0 Å². The molecule has 0 aliphatic heterocycles. The standard InChI is InChI=1S/C20H29NO2/c1-15-11-13-20(19(2,3)14-15,12-7-10-18(22)23)16-8-5-6-9-17(16)21-4/h5-6,8-9,11,21H,7,10,12-14H2,1-4H3,(H,22,23)/p+1. The fourth-order valence-electron chi connectivity index (χ4n) is 4.34. The van der Waals surface area contributed by atoms with Gasteiger partial charge in [-0.05, 0) is 44.1 Å². The average molecular weight is 316 g/mol. The summed E-state index contributed by atoms with van der Waals surface area (Å²) in [7, 11) is 2.08. The number of rotatable bonds is 6. The number of hydrogen-bond donors (Lipinski definition) is 2. The zero-order valence-electron chi connectivity index (χ0n) is 14.9. The lowest BCUT2D eigenvalue weighted by atomic mass is 9.53. The van der Waals surface area contributed by atoms with Gasteiger partial charge in [0.2, 0.25) is 0 Å². The Morgan fingerprint density at radius 2 is 2.00 bits per heavy atom. The monoisotopic (exact) mass is 316 g/mol. The van der Waals surface area contributed by atoms with Crippen LogP contribution in [0.1, 0.15) is 58.4 Å². The maximum absolute atomic E-state index is 11.0. The van der Waals surface area contributed by atoms with E-state index in [1.807, 2.05) is 0 Å². The number of carboxylic acid groups (broad SMARTS) is 1. The molecular formula is C20H30NO2+. The van der Waals surface area contributed by atoms with Gasteiger partial charge in [-0.3, -0.25) is 4.79 Å². The maximum atomic E-state index is 11.0. The van der Waals surface area contributed by atoms with E-state index < -0.39 is 5.97 Å². The van der Waals surface area contributed by atoms with Crippen LogP contribution in [0.25, 0.3) is 0 Å². The molecule has 23 heavy (non-hydrogen) atoms. The van der Waals surface area contributed by atoms with E-state index in [2.05, 4.69) is 63.5 Å². The lowest BCUT2D eigenvalue weighted by Gasteiger charge is -2.50. The Kier molecular flexibility index (Phi) is 5.30. The van der Waals surface area contributed by atoms with Crippen molar-refractivity contribution in [2.24, 2.45) is 5.41 Å². The predicted molar refractivity (Wildman–Crippen MR) is 93.9 cm³/mol. The molecule has 2 rings (SSSR count). The van der Waals surface area contributed by atoms with Crippen LogP contribution in [0, 0.1) is 5.41 Å². The highest BCUT2D eigenvalue weighted by atomic mass is 16.4. The Morgan fingerprint density at radius 1 is 1.30 bits per heavy atom. The minimum atomic E-state index is -0.698. The Bertz CT molecular complexity index is 603. The number of benzene rings is 1. The van der Waals surface area contributed by atoms with Gasteiger partial charge in [0, 0.05) is 17.4 Å². The summed E-state index contributed by atoms with van der Waals surface area (Å²) in [5.74, 6) is -0.698. The number of allylic oxidation sites excluding steroid dienone is 2. The first-order chi connectivity index (χ1) is 10.8. The number of hydrogen-bond acceptors (Lipinski definition) is 1. The van der Waals surface area contributed by atoms with Crippen molar-refractivity contribution in [2.45, 2.75) is 58.3 Å². The summed E-state index contributed by atoms with van der Waals surface area (Å²) in [6, 6.07) is 8.62. The summed E-state index contributed by atoms with van der Waals surface area (Å²) in [5.41, 5.74) is 4.22. The average Bonchev–Trinajstić information content (AvgIpc) is 2.48. The molecule has 0 bridgehead atoms. The van der Waals surface area contributed by atoms with Gasteiger partial charge in [0.1, 0.15) is 5.69 Å². The van der Waals surface area contributed by atoms with Crippen molar-refractivity contribution in [2.75, 3.05) is 7.05 Å². The normalized spacial score (nSPS) is 23.4. The van der Waals surface area contributed by atoms with Gasteiger partial charge in [-0.15, -0.1) is 0 Å². The van der Waals surface area contributed by atoms with E-state index in [0.29, 0.717) is 0 Å². The molecule has 1 aliphatic rings. The third kappa shape index (κ3) is 3.50. The lowest BCUT2D eigenvalue weighted by Crippen LogP contribution is -2.73. The topological polar surface area (TPSA) is 53.9 Å². The van der Waals surface area contributed by atoms with Crippen molar-refractivity contribution in [1.82, 2.24) is 0 Å².